The van der Waals surface area contributed by atoms with Gasteiger partial charge < -0.3 is 20.1 Å². The van der Waals surface area contributed by atoms with Crippen LogP contribution in [-0.2, 0) is 14.3 Å². The fraction of sp³-hybridized carbons (Fsp3) is 0.917. The fourth-order valence-electron chi connectivity index (χ4n) is 2.36. The molecule has 1 unspecified atom stereocenters. The van der Waals surface area contributed by atoms with Crippen LogP contribution in [0.15, 0.2) is 0 Å². The Bertz CT molecular complexity index is 236. The summed E-state index contributed by atoms with van der Waals surface area (Å²) in [5.41, 5.74) is -0.374. The number of ether oxygens (including phenoxy) is 2. The minimum absolute atomic E-state index is 0.0657. The largest absolute Gasteiger partial charge is 0.354 e. The molecule has 1 atom stereocenters. The molecule has 0 spiro atoms. The molecule has 0 aliphatic carbocycles. The Morgan fingerprint density at radius 1 is 1.47 bits per heavy atom. The zero-order valence-corrected chi connectivity index (χ0v) is 11.0. The highest BCUT2D eigenvalue weighted by Crippen LogP contribution is 2.24. The molecule has 17 heavy (non-hydrogen) atoms. The molecule has 1 saturated heterocycles. The number of rotatable bonds is 7. The van der Waals surface area contributed by atoms with Gasteiger partial charge in [-0.25, -0.2) is 0 Å². The van der Waals surface area contributed by atoms with Crippen molar-refractivity contribution in [1.29, 1.82) is 0 Å². The summed E-state index contributed by atoms with van der Waals surface area (Å²) in [5.74, 6) is 0.0657. The first-order chi connectivity index (χ1) is 8.18. The van der Waals surface area contributed by atoms with E-state index in [0.717, 1.165) is 32.2 Å². The van der Waals surface area contributed by atoms with Crippen molar-refractivity contribution in [3.63, 3.8) is 0 Å². The quantitative estimate of drug-likeness (QED) is 0.645. The Kier molecular flexibility index (Phi) is 5.88. The molecule has 5 nitrogen and oxygen atoms in total. The maximum Gasteiger partial charge on any atom is 0.240 e. The minimum Gasteiger partial charge on any atom is -0.354 e. The second kappa shape index (κ2) is 6.93. The summed E-state index contributed by atoms with van der Waals surface area (Å²) in [6.07, 6.45) is 3.48. The second-order valence-electron chi connectivity index (χ2n) is 4.47. The summed E-state index contributed by atoms with van der Waals surface area (Å²) in [6, 6.07) is 0. The number of methoxy groups -OCH3 is 2. The molecular weight excluding hydrogens is 220 g/mol. The van der Waals surface area contributed by atoms with Gasteiger partial charge in [0, 0.05) is 14.2 Å². The molecule has 5 heteroatoms. The lowest BCUT2D eigenvalue weighted by Gasteiger charge is -2.28. The monoisotopic (exact) mass is 244 g/mol. The van der Waals surface area contributed by atoms with Gasteiger partial charge in [0.15, 0.2) is 6.29 Å². The summed E-state index contributed by atoms with van der Waals surface area (Å²) in [5, 5.41) is 6.24. The van der Waals surface area contributed by atoms with Crippen molar-refractivity contribution >= 4 is 5.91 Å². The first-order valence-corrected chi connectivity index (χ1v) is 6.27. The lowest BCUT2D eigenvalue weighted by atomic mass is 9.91. The first kappa shape index (κ1) is 14.4. The van der Waals surface area contributed by atoms with Crippen LogP contribution in [0.2, 0.25) is 0 Å². The Hall–Kier alpha value is -0.650. The van der Waals surface area contributed by atoms with Crippen molar-refractivity contribution in [3.8, 4) is 0 Å². The van der Waals surface area contributed by atoms with Crippen LogP contribution in [-0.4, -0.2) is 45.0 Å². The molecule has 1 aliphatic rings. The van der Waals surface area contributed by atoms with Gasteiger partial charge >= 0.3 is 0 Å². The van der Waals surface area contributed by atoms with Crippen LogP contribution in [0.1, 0.15) is 32.6 Å². The third-order valence-electron chi connectivity index (χ3n) is 3.31. The van der Waals surface area contributed by atoms with Crippen molar-refractivity contribution in [2.45, 2.75) is 44.4 Å². The zero-order valence-electron chi connectivity index (χ0n) is 11.0. The van der Waals surface area contributed by atoms with Gasteiger partial charge in [-0.05, 0) is 25.8 Å². The van der Waals surface area contributed by atoms with E-state index in [1.807, 2.05) is 0 Å². The van der Waals surface area contributed by atoms with Crippen molar-refractivity contribution < 1.29 is 14.3 Å². The Balaban J connectivity index is 2.48. The third-order valence-corrected chi connectivity index (χ3v) is 3.31. The highest BCUT2D eigenvalue weighted by Gasteiger charge is 2.39. The van der Waals surface area contributed by atoms with Gasteiger partial charge in [0.05, 0.1) is 12.1 Å². The van der Waals surface area contributed by atoms with Gasteiger partial charge in [-0.3, -0.25) is 4.79 Å². The molecule has 0 radical (unpaired) electrons. The lowest BCUT2D eigenvalue weighted by molar-refractivity contribution is -0.133. The molecule has 0 aromatic carbocycles. The van der Waals surface area contributed by atoms with Crippen LogP contribution < -0.4 is 10.6 Å². The van der Waals surface area contributed by atoms with Crippen molar-refractivity contribution in [2.24, 2.45) is 0 Å². The van der Waals surface area contributed by atoms with Gasteiger partial charge in [-0.1, -0.05) is 13.3 Å². The predicted octanol–water partition coefficient (Wildman–Crippen LogP) is 0.644. The zero-order chi connectivity index (χ0) is 12.7. The molecule has 0 bridgehead atoms. The normalized spacial score (nSPS) is 24.2. The maximum atomic E-state index is 12.2. The molecule has 1 rings (SSSR count). The van der Waals surface area contributed by atoms with Crippen LogP contribution in [0, 0.1) is 0 Å². The van der Waals surface area contributed by atoms with E-state index in [1.165, 1.54) is 0 Å². The van der Waals surface area contributed by atoms with Crippen LogP contribution in [0.25, 0.3) is 0 Å². The summed E-state index contributed by atoms with van der Waals surface area (Å²) in [6.45, 7) is 3.41. The van der Waals surface area contributed by atoms with Crippen molar-refractivity contribution in [2.75, 3.05) is 27.3 Å². The Labute approximate surface area is 103 Å². The van der Waals surface area contributed by atoms with E-state index in [-0.39, 0.29) is 17.7 Å². The topological polar surface area (TPSA) is 59.6 Å². The number of hydrogen-bond acceptors (Lipinski definition) is 4. The molecule has 1 aliphatic heterocycles. The molecule has 1 fully saturated rings. The van der Waals surface area contributed by atoms with E-state index in [0.29, 0.717) is 6.54 Å². The van der Waals surface area contributed by atoms with Gasteiger partial charge in [0.1, 0.15) is 0 Å². The molecule has 1 amide bonds. The number of hydrogen-bond donors (Lipinski definition) is 2. The van der Waals surface area contributed by atoms with Gasteiger partial charge in [-0.15, -0.1) is 0 Å². The number of amides is 1. The molecule has 0 aromatic heterocycles. The Morgan fingerprint density at radius 3 is 2.65 bits per heavy atom. The van der Waals surface area contributed by atoms with E-state index in [4.69, 9.17) is 9.47 Å². The maximum absolute atomic E-state index is 12.2. The van der Waals surface area contributed by atoms with E-state index in [1.54, 1.807) is 14.2 Å². The number of carbonyl (C=O) groups excluding carboxylic acids is 1. The molecule has 0 saturated carbocycles. The highest BCUT2D eigenvalue weighted by molar-refractivity contribution is 5.86. The van der Waals surface area contributed by atoms with Crippen molar-refractivity contribution in [3.05, 3.63) is 0 Å². The Morgan fingerprint density at radius 2 is 2.18 bits per heavy atom. The highest BCUT2D eigenvalue weighted by atomic mass is 16.7. The molecule has 0 aromatic rings. The summed E-state index contributed by atoms with van der Waals surface area (Å²) in [4.78, 5) is 12.2. The van der Waals surface area contributed by atoms with Crippen LogP contribution in [0.3, 0.4) is 0 Å². The second-order valence-corrected chi connectivity index (χ2v) is 4.47. The van der Waals surface area contributed by atoms with E-state index >= 15 is 0 Å². The summed E-state index contributed by atoms with van der Waals surface area (Å²) < 4.78 is 10.1. The third kappa shape index (κ3) is 3.66. The molecular formula is C12H24N2O3. The standard InChI is InChI=1S/C12H24N2O3/c1-4-6-12(7-5-8-14-12)11(15)13-9-10(16-2)17-3/h10,14H,4-9H2,1-3H3,(H,13,15). The van der Waals surface area contributed by atoms with Crippen LogP contribution in [0.5, 0.6) is 0 Å². The minimum atomic E-state index is -0.376. The molecule has 2 N–H and O–H groups in total. The average molecular weight is 244 g/mol. The lowest BCUT2D eigenvalue weighted by Crippen LogP contribution is -2.54. The van der Waals surface area contributed by atoms with Gasteiger partial charge in [0.25, 0.3) is 0 Å². The van der Waals surface area contributed by atoms with Crippen LogP contribution >= 0.6 is 0 Å². The average Bonchev–Trinajstić information content (AvgIpc) is 2.80. The van der Waals surface area contributed by atoms with E-state index < -0.39 is 0 Å². The van der Waals surface area contributed by atoms with Crippen molar-refractivity contribution in [1.82, 2.24) is 10.6 Å². The van der Waals surface area contributed by atoms with Crippen LogP contribution in [0.4, 0.5) is 0 Å². The first-order valence-electron chi connectivity index (χ1n) is 6.27. The summed E-state index contributed by atoms with van der Waals surface area (Å²) in [7, 11) is 3.13. The van der Waals surface area contributed by atoms with Gasteiger partial charge in [-0.2, -0.15) is 0 Å². The smallest absolute Gasteiger partial charge is 0.240 e. The fourth-order valence-corrected chi connectivity index (χ4v) is 2.36. The number of nitrogens with one attached hydrogen (secondary N) is 2. The van der Waals surface area contributed by atoms with E-state index in [2.05, 4.69) is 17.6 Å². The predicted molar refractivity (Wildman–Crippen MR) is 65.7 cm³/mol. The summed E-state index contributed by atoms with van der Waals surface area (Å²) >= 11 is 0. The molecule has 100 valence electrons. The van der Waals surface area contributed by atoms with Gasteiger partial charge in [0.2, 0.25) is 5.91 Å². The SMILES string of the molecule is CCCC1(C(=O)NCC(OC)OC)CCCN1. The molecule has 1 heterocycles. The number of carbonyl (C=O) groups is 1. The van der Waals surface area contributed by atoms with E-state index in [9.17, 15) is 4.79 Å².